The zero-order valence-electron chi connectivity index (χ0n) is 10.4. The van der Waals surface area contributed by atoms with E-state index in [1.807, 2.05) is 24.3 Å². The van der Waals surface area contributed by atoms with E-state index in [0.717, 1.165) is 30.9 Å². The highest BCUT2D eigenvalue weighted by atomic mass is 16.5. The van der Waals surface area contributed by atoms with Gasteiger partial charge in [-0.25, -0.2) is 0 Å². The molecule has 0 unspecified atom stereocenters. The summed E-state index contributed by atoms with van der Waals surface area (Å²) < 4.78 is 15.8. The summed E-state index contributed by atoms with van der Waals surface area (Å²) in [6.07, 6.45) is 0.922. The fourth-order valence-corrected chi connectivity index (χ4v) is 1.40. The average molecular weight is 239 g/mol. The lowest BCUT2D eigenvalue weighted by molar-refractivity contribution is 0.0337. The number of methoxy groups -OCH3 is 1. The van der Waals surface area contributed by atoms with E-state index in [9.17, 15) is 0 Å². The van der Waals surface area contributed by atoms with Gasteiger partial charge in [-0.1, -0.05) is 12.1 Å². The third-order valence-corrected chi connectivity index (χ3v) is 2.23. The molecule has 4 heteroatoms. The first-order valence-corrected chi connectivity index (χ1v) is 5.82. The number of hydrogen-bond acceptors (Lipinski definition) is 4. The van der Waals surface area contributed by atoms with Crippen LogP contribution in [0.4, 0.5) is 5.69 Å². The summed E-state index contributed by atoms with van der Waals surface area (Å²) in [6, 6.07) is 7.70. The Kier molecular flexibility index (Phi) is 7.38. The number of anilines is 1. The Morgan fingerprint density at radius 3 is 2.65 bits per heavy atom. The topological polar surface area (TPSA) is 53.7 Å². The minimum Gasteiger partial charge on any atom is -0.399 e. The Hall–Kier alpha value is -1.10. The minimum atomic E-state index is 0.576. The number of nitrogens with two attached hydrogens (primary N) is 1. The molecular formula is C13H21NO3. The quantitative estimate of drug-likeness (QED) is 0.527. The van der Waals surface area contributed by atoms with Gasteiger partial charge in [-0.2, -0.15) is 0 Å². The largest absolute Gasteiger partial charge is 0.399 e. The first-order valence-electron chi connectivity index (χ1n) is 5.82. The number of nitrogen functional groups attached to an aromatic ring is 1. The van der Waals surface area contributed by atoms with Gasteiger partial charge >= 0.3 is 0 Å². The molecule has 0 aromatic heterocycles. The van der Waals surface area contributed by atoms with E-state index in [1.165, 1.54) is 0 Å². The van der Waals surface area contributed by atoms with E-state index in [0.29, 0.717) is 19.8 Å². The summed E-state index contributed by atoms with van der Waals surface area (Å²) in [5, 5.41) is 0. The number of rotatable bonds is 9. The molecule has 0 heterocycles. The van der Waals surface area contributed by atoms with E-state index in [2.05, 4.69) is 0 Å². The van der Waals surface area contributed by atoms with E-state index in [1.54, 1.807) is 7.11 Å². The van der Waals surface area contributed by atoms with Gasteiger partial charge in [0.2, 0.25) is 0 Å². The summed E-state index contributed by atoms with van der Waals surface area (Å²) in [5.74, 6) is 0. The highest BCUT2D eigenvalue weighted by molar-refractivity contribution is 5.40. The smallest absolute Gasteiger partial charge is 0.0718 e. The van der Waals surface area contributed by atoms with Crippen molar-refractivity contribution in [1.82, 2.24) is 0 Å². The van der Waals surface area contributed by atoms with Crippen molar-refractivity contribution >= 4 is 5.69 Å². The van der Waals surface area contributed by atoms with Gasteiger partial charge in [0, 0.05) is 26.0 Å². The van der Waals surface area contributed by atoms with Crippen molar-refractivity contribution in [2.45, 2.75) is 13.0 Å². The van der Waals surface area contributed by atoms with E-state index < -0.39 is 0 Å². The van der Waals surface area contributed by atoms with Crippen LogP contribution >= 0.6 is 0 Å². The molecule has 96 valence electrons. The van der Waals surface area contributed by atoms with E-state index in [-0.39, 0.29) is 0 Å². The molecule has 4 nitrogen and oxygen atoms in total. The second-order valence-corrected chi connectivity index (χ2v) is 3.76. The van der Waals surface area contributed by atoms with Gasteiger partial charge in [0.05, 0.1) is 19.8 Å². The summed E-state index contributed by atoms with van der Waals surface area (Å²) in [7, 11) is 1.69. The van der Waals surface area contributed by atoms with Crippen molar-refractivity contribution in [3.05, 3.63) is 29.8 Å². The molecule has 0 aliphatic heterocycles. The van der Waals surface area contributed by atoms with Crippen LogP contribution in [0.15, 0.2) is 24.3 Å². The normalized spacial score (nSPS) is 10.6. The van der Waals surface area contributed by atoms with Crippen LogP contribution in [0.5, 0.6) is 0 Å². The molecule has 1 aromatic rings. The van der Waals surface area contributed by atoms with Crippen molar-refractivity contribution in [3.63, 3.8) is 0 Å². The Labute approximate surface area is 103 Å². The molecule has 0 fully saturated rings. The summed E-state index contributed by atoms with van der Waals surface area (Å²) in [6.45, 7) is 3.25. The van der Waals surface area contributed by atoms with Crippen molar-refractivity contribution in [2.75, 3.05) is 39.3 Å². The molecule has 0 radical (unpaired) electrons. The van der Waals surface area contributed by atoms with Crippen LogP contribution in [-0.2, 0) is 20.8 Å². The maximum Gasteiger partial charge on any atom is 0.0718 e. The Balaban J connectivity index is 1.97. The SMILES string of the molecule is COCCCOCCOCc1cccc(N)c1. The molecule has 0 spiro atoms. The molecule has 1 rings (SSSR count). The van der Waals surface area contributed by atoms with Gasteiger partial charge in [-0.05, 0) is 24.1 Å². The van der Waals surface area contributed by atoms with E-state index in [4.69, 9.17) is 19.9 Å². The first kappa shape index (κ1) is 14.0. The molecule has 1 aromatic carbocycles. The highest BCUT2D eigenvalue weighted by Crippen LogP contribution is 2.07. The molecule has 0 aliphatic carbocycles. The fraction of sp³-hybridized carbons (Fsp3) is 0.538. The van der Waals surface area contributed by atoms with Crippen molar-refractivity contribution in [2.24, 2.45) is 0 Å². The van der Waals surface area contributed by atoms with Gasteiger partial charge in [-0.15, -0.1) is 0 Å². The predicted octanol–water partition coefficient (Wildman–Crippen LogP) is 1.84. The van der Waals surface area contributed by atoms with Crippen LogP contribution in [0, 0.1) is 0 Å². The second-order valence-electron chi connectivity index (χ2n) is 3.76. The number of hydrogen-bond donors (Lipinski definition) is 1. The lowest BCUT2D eigenvalue weighted by atomic mass is 10.2. The van der Waals surface area contributed by atoms with Gasteiger partial charge in [0.1, 0.15) is 0 Å². The molecule has 2 N–H and O–H groups in total. The standard InChI is InChI=1S/C13H21NO3/c1-15-6-3-7-16-8-9-17-11-12-4-2-5-13(14)10-12/h2,4-5,10H,3,6-9,11,14H2,1H3. The lowest BCUT2D eigenvalue weighted by Crippen LogP contribution is -2.06. The lowest BCUT2D eigenvalue weighted by Gasteiger charge is -2.06. The second kappa shape index (κ2) is 8.98. The van der Waals surface area contributed by atoms with Crippen LogP contribution in [0.2, 0.25) is 0 Å². The highest BCUT2D eigenvalue weighted by Gasteiger charge is 1.94. The van der Waals surface area contributed by atoms with Gasteiger partial charge < -0.3 is 19.9 Å². The maximum atomic E-state index is 5.66. The van der Waals surface area contributed by atoms with Crippen LogP contribution in [-0.4, -0.2) is 33.5 Å². The summed E-state index contributed by atoms with van der Waals surface area (Å²) in [5.41, 5.74) is 7.52. The van der Waals surface area contributed by atoms with Gasteiger partial charge in [0.25, 0.3) is 0 Å². The third kappa shape index (κ3) is 6.94. The van der Waals surface area contributed by atoms with Gasteiger partial charge in [-0.3, -0.25) is 0 Å². The minimum absolute atomic E-state index is 0.576. The summed E-state index contributed by atoms with van der Waals surface area (Å²) in [4.78, 5) is 0. The third-order valence-electron chi connectivity index (χ3n) is 2.23. The summed E-state index contributed by atoms with van der Waals surface area (Å²) >= 11 is 0. The molecule has 0 bridgehead atoms. The fourth-order valence-electron chi connectivity index (χ4n) is 1.40. The zero-order valence-corrected chi connectivity index (χ0v) is 10.4. The molecule has 0 atom stereocenters. The maximum absolute atomic E-state index is 5.66. The molecule has 0 aliphatic rings. The van der Waals surface area contributed by atoms with Crippen LogP contribution in [0.3, 0.4) is 0 Å². The number of ether oxygens (including phenoxy) is 3. The van der Waals surface area contributed by atoms with Crippen LogP contribution in [0.25, 0.3) is 0 Å². The zero-order chi connectivity index (χ0) is 12.3. The molecule has 0 saturated heterocycles. The number of benzene rings is 1. The van der Waals surface area contributed by atoms with Gasteiger partial charge in [0.15, 0.2) is 0 Å². The Morgan fingerprint density at radius 1 is 1.06 bits per heavy atom. The Bertz CT molecular complexity index is 304. The van der Waals surface area contributed by atoms with Crippen LogP contribution in [0.1, 0.15) is 12.0 Å². The van der Waals surface area contributed by atoms with Crippen molar-refractivity contribution < 1.29 is 14.2 Å². The monoisotopic (exact) mass is 239 g/mol. The Morgan fingerprint density at radius 2 is 1.88 bits per heavy atom. The van der Waals surface area contributed by atoms with E-state index >= 15 is 0 Å². The molecule has 0 amide bonds. The molecule has 17 heavy (non-hydrogen) atoms. The predicted molar refractivity (Wildman–Crippen MR) is 67.8 cm³/mol. The molecular weight excluding hydrogens is 218 g/mol. The van der Waals surface area contributed by atoms with Crippen LogP contribution < -0.4 is 5.73 Å². The van der Waals surface area contributed by atoms with Crippen molar-refractivity contribution in [1.29, 1.82) is 0 Å². The first-order chi connectivity index (χ1) is 8.33. The average Bonchev–Trinajstić information content (AvgIpc) is 2.33. The van der Waals surface area contributed by atoms with Crippen molar-refractivity contribution in [3.8, 4) is 0 Å². The molecule has 0 saturated carbocycles.